The average molecular weight is 419 g/mol. The van der Waals surface area contributed by atoms with Gasteiger partial charge in [0.15, 0.2) is 11.6 Å². The van der Waals surface area contributed by atoms with Crippen molar-refractivity contribution in [2.24, 2.45) is 5.73 Å². The van der Waals surface area contributed by atoms with Crippen LogP contribution in [0.2, 0.25) is 0 Å². The number of methoxy groups -OCH3 is 1. The van der Waals surface area contributed by atoms with Gasteiger partial charge >= 0.3 is 0 Å². The molecule has 160 valence electrons. The number of ketones is 1. The van der Waals surface area contributed by atoms with E-state index in [1.54, 1.807) is 25.7 Å². The molecule has 1 aliphatic heterocycles. The fourth-order valence-corrected chi connectivity index (χ4v) is 3.85. The topological polar surface area (TPSA) is 120 Å². The summed E-state index contributed by atoms with van der Waals surface area (Å²) in [6.07, 6.45) is 7.21. The first-order valence-corrected chi connectivity index (χ1v) is 10.3. The summed E-state index contributed by atoms with van der Waals surface area (Å²) in [7, 11) is 1.61. The Labute approximate surface area is 181 Å². The van der Waals surface area contributed by atoms with Gasteiger partial charge in [0.2, 0.25) is 0 Å². The summed E-state index contributed by atoms with van der Waals surface area (Å²) in [6, 6.07) is 9.47. The van der Waals surface area contributed by atoms with E-state index in [1.165, 1.54) is 0 Å². The van der Waals surface area contributed by atoms with Crippen LogP contribution in [-0.4, -0.2) is 47.0 Å². The third-order valence-corrected chi connectivity index (χ3v) is 5.48. The monoisotopic (exact) mass is 418 g/mol. The minimum absolute atomic E-state index is 0.118. The number of Topliss-reactive ketones (excluding diaryl/α,β-unsaturated/α-hetero) is 1. The molecule has 0 amide bonds. The number of piperidine rings is 1. The van der Waals surface area contributed by atoms with E-state index in [2.05, 4.69) is 19.9 Å². The van der Waals surface area contributed by atoms with Crippen LogP contribution in [0.3, 0.4) is 0 Å². The Kier molecular flexibility index (Phi) is 6.08. The van der Waals surface area contributed by atoms with Crippen molar-refractivity contribution in [3.8, 4) is 17.0 Å². The van der Waals surface area contributed by atoms with Crippen molar-refractivity contribution in [3.05, 3.63) is 60.2 Å². The number of hydrogen-bond donors (Lipinski definition) is 2. The van der Waals surface area contributed by atoms with Gasteiger partial charge in [0.25, 0.3) is 0 Å². The number of carbonyl (C=O) groups excluding carboxylic acids is 1. The first-order chi connectivity index (χ1) is 15.0. The van der Waals surface area contributed by atoms with Crippen LogP contribution >= 0.6 is 0 Å². The minimum atomic E-state index is -0.198. The molecular weight excluding hydrogens is 392 g/mol. The van der Waals surface area contributed by atoms with Crippen molar-refractivity contribution in [1.29, 1.82) is 0 Å². The number of anilines is 2. The fraction of sp³-hybridized carbons (Fsp3) is 0.304. The highest BCUT2D eigenvalue weighted by Crippen LogP contribution is 2.26. The van der Waals surface area contributed by atoms with E-state index in [1.807, 2.05) is 30.3 Å². The Morgan fingerprint density at radius 1 is 1.23 bits per heavy atom. The zero-order valence-corrected chi connectivity index (χ0v) is 17.5. The molecule has 4 N–H and O–H groups in total. The van der Waals surface area contributed by atoms with E-state index < -0.39 is 0 Å². The normalized spacial score (nSPS) is 16.2. The number of hydrogen-bond acceptors (Lipinski definition) is 8. The van der Waals surface area contributed by atoms with E-state index in [0.717, 1.165) is 48.5 Å². The van der Waals surface area contributed by atoms with Crippen LogP contribution in [0, 0.1) is 0 Å². The maximum Gasteiger partial charge on any atom is 0.189 e. The SMILES string of the molecule is COc1ccc(-c2cnc(N)c(C(=O)Cc3cnccc3N3CCCC(N)C3)n2)cc1. The van der Waals surface area contributed by atoms with Crippen LogP contribution in [-0.2, 0) is 6.42 Å². The number of nitrogens with two attached hydrogens (primary N) is 2. The van der Waals surface area contributed by atoms with Crippen LogP contribution in [0.25, 0.3) is 11.3 Å². The number of ether oxygens (including phenoxy) is 1. The number of carbonyl (C=O) groups is 1. The van der Waals surface area contributed by atoms with Crippen LogP contribution in [0.4, 0.5) is 11.5 Å². The molecule has 0 spiro atoms. The molecule has 31 heavy (non-hydrogen) atoms. The number of aromatic nitrogens is 3. The van der Waals surface area contributed by atoms with Gasteiger partial charge < -0.3 is 21.1 Å². The number of nitrogens with zero attached hydrogens (tertiary/aromatic N) is 4. The van der Waals surface area contributed by atoms with Crippen molar-refractivity contribution in [2.45, 2.75) is 25.3 Å². The van der Waals surface area contributed by atoms with Crippen molar-refractivity contribution >= 4 is 17.3 Å². The van der Waals surface area contributed by atoms with Crippen LogP contribution < -0.4 is 21.1 Å². The number of benzene rings is 1. The Morgan fingerprint density at radius 3 is 2.77 bits per heavy atom. The van der Waals surface area contributed by atoms with Gasteiger partial charge in [-0.3, -0.25) is 9.78 Å². The van der Waals surface area contributed by atoms with Gasteiger partial charge in [-0.15, -0.1) is 0 Å². The Balaban J connectivity index is 1.59. The molecule has 3 heterocycles. The molecule has 1 unspecified atom stereocenters. The molecule has 8 heteroatoms. The molecular formula is C23H26N6O2. The lowest BCUT2D eigenvalue weighted by Gasteiger charge is -2.33. The van der Waals surface area contributed by atoms with Gasteiger partial charge in [0.1, 0.15) is 11.4 Å². The summed E-state index contributed by atoms with van der Waals surface area (Å²) in [5.74, 6) is 0.661. The minimum Gasteiger partial charge on any atom is -0.497 e. The van der Waals surface area contributed by atoms with Gasteiger partial charge in [-0.2, -0.15) is 0 Å². The Hall–Kier alpha value is -3.52. The highest BCUT2D eigenvalue weighted by molar-refractivity contribution is 6.00. The van der Waals surface area contributed by atoms with E-state index in [9.17, 15) is 4.79 Å². The second kappa shape index (κ2) is 9.09. The van der Waals surface area contributed by atoms with Crippen molar-refractivity contribution < 1.29 is 9.53 Å². The summed E-state index contributed by atoms with van der Waals surface area (Å²) in [4.78, 5) is 28.3. The van der Waals surface area contributed by atoms with Gasteiger partial charge in [-0.05, 0) is 43.2 Å². The van der Waals surface area contributed by atoms with Gasteiger partial charge in [0, 0.05) is 54.8 Å². The zero-order valence-electron chi connectivity index (χ0n) is 17.5. The fourth-order valence-electron chi connectivity index (χ4n) is 3.85. The van der Waals surface area contributed by atoms with Crippen molar-refractivity contribution in [3.63, 3.8) is 0 Å². The second-order valence-corrected chi connectivity index (χ2v) is 7.67. The van der Waals surface area contributed by atoms with Gasteiger partial charge in [0.05, 0.1) is 19.0 Å². The summed E-state index contributed by atoms with van der Waals surface area (Å²) in [5.41, 5.74) is 15.5. The largest absolute Gasteiger partial charge is 0.497 e. The van der Waals surface area contributed by atoms with Crippen molar-refractivity contribution in [2.75, 3.05) is 30.8 Å². The van der Waals surface area contributed by atoms with E-state index in [0.29, 0.717) is 5.69 Å². The molecule has 2 aromatic heterocycles. The smallest absolute Gasteiger partial charge is 0.189 e. The predicted octanol–water partition coefficient (Wildman–Crippen LogP) is 2.48. The molecule has 4 rings (SSSR count). The first-order valence-electron chi connectivity index (χ1n) is 10.3. The third-order valence-electron chi connectivity index (χ3n) is 5.48. The number of nitrogen functional groups attached to an aromatic ring is 1. The lowest BCUT2D eigenvalue weighted by molar-refractivity contribution is 0.0989. The molecule has 0 radical (unpaired) electrons. The average Bonchev–Trinajstić information content (AvgIpc) is 2.80. The van der Waals surface area contributed by atoms with Gasteiger partial charge in [-0.1, -0.05) is 0 Å². The van der Waals surface area contributed by atoms with Crippen LogP contribution in [0.5, 0.6) is 5.75 Å². The molecule has 1 fully saturated rings. The van der Waals surface area contributed by atoms with Gasteiger partial charge in [-0.25, -0.2) is 9.97 Å². The highest BCUT2D eigenvalue weighted by atomic mass is 16.5. The predicted molar refractivity (Wildman–Crippen MR) is 120 cm³/mol. The quantitative estimate of drug-likeness (QED) is 0.586. The first kappa shape index (κ1) is 20.7. The lowest BCUT2D eigenvalue weighted by atomic mass is 10.0. The molecule has 0 aliphatic carbocycles. The summed E-state index contributed by atoms with van der Waals surface area (Å²) >= 11 is 0. The van der Waals surface area contributed by atoms with Crippen LogP contribution in [0.15, 0.2) is 48.9 Å². The third kappa shape index (κ3) is 4.64. The molecule has 8 nitrogen and oxygen atoms in total. The molecule has 1 atom stereocenters. The standard InChI is InChI=1S/C23H26N6O2/c1-31-18-6-4-15(5-7-18)19-13-27-23(25)22(28-19)21(30)11-16-12-26-9-8-20(16)29-10-2-3-17(24)14-29/h4-9,12-13,17H,2-3,10-11,14,24H2,1H3,(H2,25,27). The summed E-state index contributed by atoms with van der Waals surface area (Å²) in [6.45, 7) is 1.67. The molecule has 1 saturated heterocycles. The van der Waals surface area contributed by atoms with Crippen molar-refractivity contribution in [1.82, 2.24) is 15.0 Å². The Morgan fingerprint density at radius 2 is 2.03 bits per heavy atom. The van der Waals surface area contributed by atoms with E-state index in [4.69, 9.17) is 16.2 Å². The van der Waals surface area contributed by atoms with E-state index >= 15 is 0 Å². The number of pyridine rings is 1. The Bertz CT molecular complexity index is 1070. The second-order valence-electron chi connectivity index (χ2n) is 7.67. The zero-order chi connectivity index (χ0) is 21.8. The lowest BCUT2D eigenvalue weighted by Crippen LogP contribution is -2.43. The van der Waals surface area contributed by atoms with Crippen LogP contribution in [0.1, 0.15) is 28.9 Å². The maximum absolute atomic E-state index is 13.1. The highest BCUT2D eigenvalue weighted by Gasteiger charge is 2.22. The molecule has 1 aromatic carbocycles. The molecule has 3 aromatic rings. The molecule has 0 saturated carbocycles. The summed E-state index contributed by atoms with van der Waals surface area (Å²) in [5, 5.41) is 0. The molecule has 0 bridgehead atoms. The maximum atomic E-state index is 13.1. The van der Waals surface area contributed by atoms with E-state index in [-0.39, 0.29) is 29.8 Å². The molecule has 1 aliphatic rings. The summed E-state index contributed by atoms with van der Waals surface area (Å²) < 4.78 is 5.19. The number of rotatable bonds is 6.